The zero-order valence-corrected chi connectivity index (χ0v) is 10.5. The van der Waals surface area contributed by atoms with Crippen LogP contribution in [-0.2, 0) is 16.1 Å². The maximum Gasteiger partial charge on any atom is 0.255 e. The van der Waals surface area contributed by atoms with Gasteiger partial charge < -0.3 is 4.90 Å². The van der Waals surface area contributed by atoms with Gasteiger partial charge in [-0.3, -0.25) is 19.7 Å². The molecule has 0 radical (unpaired) electrons. The van der Waals surface area contributed by atoms with E-state index >= 15 is 0 Å². The Morgan fingerprint density at radius 1 is 1.30 bits per heavy atom. The van der Waals surface area contributed by atoms with Crippen molar-refractivity contribution in [2.24, 2.45) is 0 Å². The molecule has 6 nitrogen and oxygen atoms in total. The van der Waals surface area contributed by atoms with E-state index in [1.807, 2.05) is 0 Å². The van der Waals surface area contributed by atoms with E-state index in [9.17, 15) is 14.4 Å². The van der Waals surface area contributed by atoms with Crippen molar-refractivity contribution in [1.29, 1.82) is 0 Å². The van der Waals surface area contributed by atoms with Crippen molar-refractivity contribution in [2.75, 3.05) is 0 Å². The zero-order chi connectivity index (χ0) is 14.3. The summed E-state index contributed by atoms with van der Waals surface area (Å²) >= 11 is 0. The van der Waals surface area contributed by atoms with Gasteiger partial charge in [-0.25, -0.2) is 4.85 Å². The monoisotopic (exact) mass is 271 g/mol. The standard InChI is InChI=1S/C14H11N3O3/c1-15-9-2-3-10-8(6-9)7-17(14(10)20)11-4-5-12(18)16-13(11)19/h2-3,6,11H,4-5,7H2,(H,16,18,19)/i1+2. The highest BCUT2D eigenvalue weighted by atomic mass is 16.2. The number of amides is 3. The first kappa shape index (κ1) is 12.4. The first-order chi connectivity index (χ1) is 9.60. The van der Waals surface area contributed by atoms with Gasteiger partial charge in [0.25, 0.3) is 5.91 Å². The Morgan fingerprint density at radius 3 is 2.80 bits per heavy atom. The molecule has 1 aromatic carbocycles. The van der Waals surface area contributed by atoms with Crippen LogP contribution in [0.3, 0.4) is 0 Å². The van der Waals surface area contributed by atoms with E-state index in [1.165, 1.54) is 4.90 Å². The van der Waals surface area contributed by atoms with Crippen molar-refractivity contribution < 1.29 is 14.4 Å². The highest BCUT2D eigenvalue weighted by Gasteiger charge is 2.38. The number of benzene rings is 1. The Bertz CT molecular complexity index is 675. The van der Waals surface area contributed by atoms with E-state index in [4.69, 9.17) is 6.57 Å². The minimum Gasteiger partial charge on any atom is -0.322 e. The minimum absolute atomic E-state index is 0.217. The third-order valence-electron chi connectivity index (χ3n) is 3.64. The topological polar surface area (TPSA) is 70.8 Å². The van der Waals surface area contributed by atoms with Crippen LogP contribution in [0.5, 0.6) is 0 Å². The normalized spacial score (nSPS) is 21.4. The van der Waals surface area contributed by atoms with Gasteiger partial charge in [0.1, 0.15) is 6.04 Å². The number of hydrogen-bond acceptors (Lipinski definition) is 3. The number of carbonyl (C=O) groups excluding carboxylic acids is 3. The average Bonchev–Trinajstić information content (AvgIpc) is 2.75. The molecule has 1 unspecified atom stereocenters. The fourth-order valence-electron chi connectivity index (χ4n) is 2.63. The van der Waals surface area contributed by atoms with Crippen LogP contribution >= 0.6 is 0 Å². The van der Waals surface area contributed by atoms with E-state index in [1.54, 1.807) is 18.2 Å². The summed E-state index contributed by atoms with van der Waals surface area (Å²) in [7, 11) is 0. The molecular weight excluding hydrogens is 260 g/mol. The van der Waals surface area contributed by atoms with Crippen LogP contribution in [0, 0.1) is 6.57 Å². The first-order valence-electron chi connectivity index (χ1n) is 6.25. The Hall–Kier alpha value is -2.68. The van der Waals surface area contributed by atoms with Gasteiger partial charge in [0.05, 0.1) is 6.57 Å². The predicted molar refractivity (Wildman–Crippen MR) is 68.7 cm³/mol. The fourth-order valence-corrected chi connectivity index (χ4v) is 2.63. The molecule has 20 heavy (non-hydrogen) atoms. The second-order valence-corrected chi connectivity index (χ2v) is 4.85. The van der Waals surface area contributed by atoms with Gasteiger partial charge in [-0.2, -0.15) is 0 Å². The van der Waals surface area contributed by atoms with Crippen molar-refractivity contribution in [3.8, 4) is 0 Å². The molecule has 3 amide bonds. The largest absolute Gasteiger partial charge is 0.322 e. The SMILES string of the molecule is [14C-]#[N+]c1ccc2c(c1)CN(C1CCC(=O)NC1=O)C2=O. The highest BCUT2D eigenvalue weighted by molar-refractivity contribution is 6.05. The molecule has 0 aliphatic carbocycles. The lowest BCUT2D eigenvalue weighted by molar-refractivity contribution is -0.136. The molecule has 0 bridgehead atoms. The van der Waals surface area contributed by atoms with Crippen LogP contribution < -0.4 is 5.32 Å². The van der Waals surface area contributed by atoms with E-state index in [0.29, 0.717) is 24.2 Å². The number of hydrogen-bond donors (Lipinski definition) is 1. The van der Waals surface area contributed by atoms with Crippen molar-refractivity contribution in [3.63, 3.8) is 0 Å². The maximum atomic E-state index is 12.3. The van der Waals surface area contributed by atoms with E-state index in [-0.39, 0.29) is 18.2 Å². The van der Waals surface area contributed by atoms with E-state index in [2.05, 4.69) is 10.2 Å². The second kappa shape index (κ2) is 4.46. The van der Waals surface area contributed by atoms with Crippen LogP contribution in [0.4, 0.5) is 5.69 Å². The molecule has 1 saturated heterocycles. The average molecular weight is 271 g/mol. The fraction of sp³-hybridized carbons (Fsp3) is 0.286. The number of imide groups is 1. The van der Waals surface area contributed by atoms with Gasteiger partial charge in [0.2, 0.25) is 11.8 Å². The number of piperidine rings is 1. The van der Waals surface area contributed by atoms with Crippen LogP contribution in [0.1, 0.15) is 28.8 Å². The highest BCUT2D eigenvalue weighted by Crippen LogP contribution is 2.30. The summed E-state index contributed by atoms with van der Waals surface area (Å²) in [5.74, 6) is -0.940. The molecule has 2 aliphatic rings. The van der Waals surface area contributed by atoms with Crippen LogP contribution in [0.25, 0.3) is 4.85 Å². The summed E-state index contributed by atoms with van der Waals surface area (Å²) in [4.78, 5) is 40.1. The molecule has 2 heterocycles. The third-order valence-corrected chi connectivity index (χ3v) is 3.64. The molecule has 1 aromatic rings. The quantitative estimate of drug-likeness (QED) is 0.612. The molecule has 100 valence electrons. The van der Waals surface area contributed by atoms with Crippen LogP contribution in [0.15, 0.2) is 18.2 Å². The van der Waals surface area contributed by atoms with Crippen LogP contribution in [-0.4, -0.2) is 28.7 Å². The molecule has 1 atom stereocenters. The van der Waals surface area contributed by atoms with Crippen molar-refractivity contribution in [2.45, 2.75) is 25.4 Å². The number of rotatable bonds is 1. The van der Waals surface area contributed by atoms with E-state index < -0.39 is 11.9 Å². The van der Waals surface area contributed by atoms with Gasteiger partial charge in [-0.1, -0.05) is 18.2 Å². The first-order valence-corrected chi connectivity index (χ1v) is 6.25. The molecule has 1 N–H and O–H groups in total. The number of carbonyl (C=O) groups is 3. The predicted octanol–water partition coefficient (Wildman–Crippen LogP) is 0.998. The summed E-state index contributed by atoms with van der Waals surface area (Å²) in [5, 5.41) is 2.26. The molecule has 0 aromatic heterocycles. The van der Waals surface area contributed by atoms with Crippen molar-refractivity contribution >= 4 is 23.4 Å². The number of fused-ring (bicyclic) bond motifs is 1. The zero-order valence-electron chi connectivity index (χ0n) is 10.5. The molecule has 0 saturated carbocycles. The van der Waals surface area contributed by atoms with Gasteiger partial charge in [-0.15, -0.1) is 0 Å². The summed E-state index contributed by atoms with van der Waals surface area (Å²) in [6.07, 6.45) is 0.587. The van der Waals surface area contributed by atoms with Crippen LogP contribution in [0.2, 0.25) is 0 Å². The minimum atomic E-state index is -0.607. The number of nitrogens with one attached hydrogen (secondary N) is 1. The Balaban J connectivity index is 1.88. The molecule has 6 heteroatoms. The van der Waals surface area contributed by atoms with E-state index in [0.717, 1.165) is 5.56 Å². The van der Waals surface area contributed by atoms with Gasteiger partial charge in [0.15, 0.2) is 5.69 Å². The van der Waals surface area contributed by atoms with Gasteiger partial charge in [0, 0.05) is 18.5 Å². The number of nitrogens with zero attached hydrogens (tertiary/aromatic N) is 2. The summed E-state index contributed by atoms with van der Waals surface area (Å²) in [5.41, 5.74) is 1.76. The maximum absolute atomic E-state index is 12.3. The smallest absolute Gasteiger partial charge is 0.255 e. The molecule has 0 spiro atoms. The molecular formula is C14H11N3O3. The lowest BCUT2D eigenvalue weighted by Crippen LogP contribution is -2.52. The van der Waals surface area contributed by atoms with Crippen molar-refractivity contribution in [3.05, 3.63) is 40.7 Å². The Morgan fingerprint density at radius 2 is 2.10 bits per heavy atom. The lowest BCUT2D eigenvalue weighted by atomic mass is 10.0. The summed E-state index contributed by atoms with van der Waals surface area (Å²) < 4.78 is 0. The second-order valence-electron chi connectivity index (χ2n) is 4.85. The van der Waals surface area contributed by atoms with Gasteiger partial charge in [-0.05, 0) is 12.0 Å². The Kier molecular flexibility index (Phi) is 2.75. The summed E-state index contributed by atoms with van der Waals surface area (Å²) in [6, 6.07) is 4.28. The molecule has 2 aliphatic heterocycles. The summed E-state index contributed by atoms with van der Waals surface area (Å²) in [6.45, 7) is 7.29. The Labute approximate surface area is 115 Å². The van der Waals surface area contributed by atoms with Crippen molar-refractivity contribution in [1.82, 2.24) is 10.2 Å². The van der Waals surface area contributed by atoms with Gasteiger partial charge >= 0.3 is 0 Å². The molecule has 3 rings (SSSR count). The molecule has 1 fully saturated rings. The third kappa shape index (κ3) is 1.84. The lowest BCUT2D eigenvalue weighted by Gasteiger charge is -2.29.